The molecule has 12 heteroatoms. The molecular formula is C26H26Cl3N3O5S. The van der Waals surface area contributed by atoms with E-state index in [-0.39, 0.29) is 27.9 Å². The molecule has 0 aromatic heterocycles. The number of hydrogen-bond acceptors (Lipinski definition) is 5. The van der Waals surface area contributed by atoms with Crippen LogP contribution in [0.3, 0.4) is 0 Å². The average molecular weight is 599 g/mol. The van der Waals surface area contributed by atoms with Crippen LogP contribution in [0.25, 0.3) is 0 Å². The van der Waals surface area contributed by atoms with Crippen LogP contribution in [0.4, 0.5) is 5.69 Å². The monoisotopic (exact) mass is 597 g/mol. The Kier molecular flexibility index (Phi) is 9.89. The van der Waals surface area contributed by atoms with E-state index in [0.717, 1.165) is 4.31 Å². The van der Waals surface area contributed by atoms with Crippen LogP contribution >= 0.6 is 34.8 Å². The molecule has 0 aliphatic carbocycles. The summed E-state index contributed by atoms with van der Waals surface area (Å²) in [7, 11) is -1.46. The van der Waals surface area contributed by atoms with Gasteiger partial charge in [-0.05, 0) is 49.4 Å². The third-order valence-corrected chi connectivity index (χ3v) is 8.54. The second kappa shape index (κ2) is 12.7. The fourth-order valence-corrected chi connectivity index (χ4v) is 5.86. The van der Waals surface area contributed by atoms with Gasteiger partial charge in [0.25, 0.3) is 10.0 Å². The molecule has 1 N–H and O–H groups in total. The van der Waals surface area contributed by atoms with Gasteiger partial charge in [-0.15, -0.1) is 0 Å². The molecule has 0 aliphatic heterocycles. The lowest BCUT2D eigenvalue weighted by molar-refractivity contribution is -0.139. The summed E-state index contributed by atoms with van der Waals surface area (Å²) in [5.74, 6) is -0.959. The van der Waals surface area contributed by atoms with E-state index in [4.69, 9.17) is 39.5 Å². The van der Waals surface area contributed by atoms with Gasteiger partial charge in [-0.1, -0.05) is 59.1 Å². The topological polar surface area (TPSA) is 96.0 Å². The van der Waals surface area contributed by atoms with Crippen molar-refractivity contribution in [1.82, 2.24) is 10.2 Å². The number of anilines is 1. The Morgan fingerprint density at radius 2 is 1.61 bits per heavy atom. The lowest BCUT2D eigenvalue weighted by atomic mass is 10.1. The number of ether oxygens (including phenoxy) is 1. The Labute approximate surface area is 237 Å². The Balaban J connectivity index is 2.13. The number of likely N-dealkylation sites (N-methyl/N-ethyl adjacent to an activating group) is 1. The maximum atomic E-state index is 13.9. The van der Waals surface area contributed by atoms with Gasteiger partial charge in [0.05, 0.1) is 17.7 Å². The molecule has 38 heavy (non-hydrogen) atoms. The molecule has 0 aliphatic rings. The molecule has 3 aromatic rings. The second-order valence-electron chi connectivity index (χ2n) is 8.15. The molecule has 0 heterocycles. The van der Waals surface area contributed by atoms with Crippen LogP contribution < -0.4 is 14.4 Å². The Morgan fingerprint density at radius 1 is 0.974 bits per heavy atom. The number of amides is 2. The minimum absolute atomic E-state index is 0.0464. The first-order valence-corrected chi connectivity index (χ1v) is 13.9. The van der Waals surface area contributed by atoms with Crippen molar-refractivity contribution in [3.8, 4) is 5.75 Å². The zero-order valence-electron chi connectivity index (χ0n) is 20.8. The highest BCUT2D eigenvalue weighted by Gasteiger charge is 2.34. The van der Waals surface area contributed by atoms with Crippen molar-refractivity contribution in [3.63, 3.8) is 0 Å². The van der Waals surface area contributed by atoms with Gasteiger partial charge >= 0.3 is 0 Å². The molecule has 0 saturated heterocycles. The van der Waals surface area contributed by atoms with Crippen molar-refractivity contribution in [2.75, 3.05) is 25.0 Å². The molecule has 0 bridgehead atoms. The molecule has 1 unspecified atom stereocenters. The lowest BCUT2D eigenvalue weighted by Gasteiger charge is -2.32. The van der Waals surface area contributed by atoms with Crippen molar-refractivity contribution < 1.29 is 22.7 Å². The van der Waals surface area contributed by atoms with E-state index in [1.807, 2.05) is 0 Å². The average Bonchev–Trinajstić information content (AvgIpc) is 2.91. The maximum absolute atomic E-state index is 13.9. The van der Waals surface area contributed by atoms with Crippen molar-refractivity contribution in [2.24, 2.45) is 0 Å². The number of carbonyl (C=O) groups is 2. The van der Waals surface area contributed by atoms with Crippen LogP contribution in [-0.4, -0.2) is 51.9 Å². The van der Waals surface area contributed by atoms with E-state index in [1.54, 1.807) is 42.5 Å². The molecule has 8 nitrogen and oxygen atoms in total. The Hall–Kier alpha value is -2.98. The van der Waals surface area contributed by atoms with Gasteiger partial charge < -0.3 is 15.0 Å². The Morgan fingerprint density at radius 3 is 2.18 bits per heavy atom. The van der Waals surface area contributed by atoms with Crippen molar-refractivity contribution in [2.45, 2.75) is 24.4 Å². The smallest absolute Gasteiger partial charge is 0.264 e. The summed E-state index contributed by atoms with van der Waals surface area (Å²) in [5.41, 5.74) is 0.471. The first-order chi connectivity index (χ1) is 18.0. The number of nitrogens with zero attached hydrogens (tertiary/aromatic N) is 2. The molecule has 0 saturated carbocycles. The van der Waals surface area contributed by atoms with Crippen LogP contribution in [0, 0.1) is 0 Å². The van der Waals surface area contributed by atoms with Crippen molar-refractivity contribution in [3.05, 3.63) is 87.4 Å². The van der Waals surface area contributed by atoms with Crippen LogP contribution in [0.5, 0.6) is 5.75 Å². The zero-order chi connectivity index (χ0) is 28.0. The summed E-state index contributed by atoms with van der Waals surface area (Å²) in [6.07, 6.45) is 0. The number of halogens is 3. The van der Waals surface area contributed by atoms with E-state index in [1.165, 1.54) is 50.2 Å². The standard InChI is InChI=1S/C26H26Cl3N3O5S/c1-17(26(34)30-2)31(15-20-21(28)10-7-11-22(20)29)25(33)16-32(23-14-18(27)12-13-24(23)37-3)38(35,36)19-8-5-4-6-9-19/h4-14,17H,15-16H2,1-3H3,(H,30,34). The Bertz CT molecular complexity index is 1400. The highest BCUT2D eigenvalue weighted by atomic mass is 35.5. The molecule has 202 valence electrons. The van der Waals surface area contributed by atoms with Gasteiger partial charge in [0.2, 0.25) is 11.8 Å². The number of nitrogens with one attached hydrogen (secondary N) is 1. The van der Waals surface area contributed by atoms with Gasteiger partial charge in [0.15, 0.2) is 0 Å². The lowest BCUT2D eigenvalue weighted by Crippen LogP contribution is -2.50. The number of hydrogen-bond donors (Lipinski definition) is 1. The molecule has 3 aromatic carbocycles. The van der Waals surface area contributed by atoms with E-state index in [2.05, 4.69) is 5.32 Å². The van der Waals surface area contributed by atoms with Crippen LogP contribution in [0.2, 0.25) is 15.1 Å². The SMILES string of the molecule is CNC(=O)C(C)N(Cc1c(Cl)cccc1Cl)C(=O)CN(c1cc(Cl)ccc1OC)S(=O)(=O)c1ccccc1. The summed E-state index contributed by atoms with van der Waals surface area (Å²) in [6.45, 7) is 0.715. The van der Waals surface area contributed by atoms with Gasteiger partial charge in [0.1, 0.15) is 18.3 Å². The predicted octanol–water partition coefficient (Wildman–Crippen LogP) is 5.01. The molecule has 2 amide bonds. The fourth-order valence-electron chi connectivity index (χ4n) is 3.74. The van der Waals surface area contributed by atoms with E-state index in [9.17, 15) is 18.0 Å². The number of methoxy groups -OCH3 is 1. The number of benzene rings is 3. The molecule has 3 rings (SSSR count). The maximum Gasteiger partial charge on any atom is 0.264 e. The van der Waals surface area contributed by atoms with Gasteiger partial charge in [-0.3, -0.25) is 13.9 Å². The molecular weight excluding hydrogens is 573 g/mol. The third kappa shape index (κ3) is 6.53. The highest BCUT2D eigenvalue weighted by molar-refractivity contribution is 7.92. The summed E-state index contributed by atoms with van der Waals surface area (Å²) in [6, 6.07) is 16.0. The van der Waals surface area contributed by atoms with Crippen LogP contribution in [-0.2, 0) is 26.2 Å². The van der Waals surface area contributed by atoms with Crippen LogP contribution in [0.1, 0.15) is 12.5 Å². The molecule has 0 spiro atoms. The largest absolute Gasteiger partial charge is 0.495 e. The van der Waals surface area contributed by atoms with E-state index < -0.39 is 34.4 Å². The molecule has 1 atom stereocenters. The summed E-state index contributed by atoms with van der Waals surface area (Å²) < 4.78 is 34.0. The van der Waals surface area contributed by atoms with Gasteiger partial charge in [-0.25, -0.2) is 8.42 Å². The van der Waals surface area contributed by atoms with E-state index in [0.29, 0.717) is 15.6 Å². The summed E-state index contributed by atoms with van der Waals surface area (Å²) in [4.78, 5) is 27.6. The molecule has 0 fully saturated rings. The van der Waals surface area contributed by atoms with Crippen molar-refractivity contribution >= 4 is 62.3 Å². The first-order valence-electron chi connectivity index (χ1n) is 11.4. The second-order valence-corrected chi connectivity index (χ2v) is 11.3. The minimum Gasteiger partial charge on any atom is -0.495 e. The van der Waals surface area contributed by atoms with Crippen LogP contribution in [0.15, 0.2) is 71.6 Å². The number of rotatable bonds is 10. The van der Waals surface area contributed by atoms with Gasteiger partial charge in [0, 0.05) is 34.2 Å². The fraction of sp³-hybridized carbons (Fsp3) is 0.231. The van der Waals surface area contributed by atoms with Gasteiger partial charge in [-0.2, -0.15) is 0 Å². The number of carbonyl (C=O) groups excluding carboxylic acids is 2. The zero-order valence-corrected chi connectivity index (χ0v) is 23.9. The van der Waals surface area contributed by atoms with E-state index >= 15 is 0 Å². The first kappa shape index (κ1) is 29.6. The highest BCUT2D eigenvalue weighted by Crippen LogP contribution is 2.35. The summed E-state index contributed by atoms with van der Waals surface area (Å²) in [5, 5.41) is 3.34. The predicted molar refractivity (Wildman–Crippen MR) is 150 cm³/mol. The normalized spacial score (nSPS) is 11.9. The summed E-state index contributed by atoms with van der Waals surface area (Å²) >= 11 is 18.9. The third-order valence-electron chi connectivity index (χ3n) is 5.82. The van der Waals surface area contributed by atoms with Crippen molar-refractivity contribution in [1.29, 1.82) is 0 Å². The number of sulfonamides is 1. The minimum atomic E-state index is -4.28. The molecule has 0 radical (unpaired) electrons. The quantitative estimate of drug-likeness (QED) is 0.354.